The van der Waals surface area contributed by atoms with E-state index in [4.69, 9.17) is 5.11 Å². The molecule has 0 saturated carbocycles. The van der Waals surface area contributed by atoms with Crippen LogP contribution in [-0.2, 0) is 31.0 Å². The van der Waals surface area contributed by atoms with E-state index in [0.29, 0.717) is 27.9 Å². The van der Waals surface area contributed by atoms with Crippen LogP contribution in [0.1, 0.15) is 16.7 Å². The summed E-state index contributed by atoms with van der Waals surface area (Å²) in [5, 5.41) is 18.4. The molecule has 4 aromatic rings. The van der Waals surface area contributed by atoms with Gasteiger partial charge in [-0.25, -0.2) is 4.79 Å². The number of amides is 2. The second-order valence-corrected chi connectivity index (χ2v) is 8.40. The summed E-state index contributed by atoms with van der Waals surface area (Å²) < 4.78 is 42.7. The van der Waals surface area contributed by atoms with Crippen molar-refractivity contribution < 1.29 is 27.9 Å². The maximum Gasteiger partial charge on any atom is 0.417 e. The number of carboxylic acids is 1. The van der Waals surface area contributed by atoms with Crippen molar-refractivity contribution in [3.63, 3.8) is 0 Å². The predicted molar refractivity (Wildman–Crippen MR) is 133 cm³/mol. The van der Waals surface area contributed by atoms with Crippen molar-refractivity contribution in [3.05, 3.63) is 95.8 Å². The Bertz CT molecular complexity index is 1430. The summed E-state index contributed by atoms with van der Waals surface area (Å²) in [5.41, 5.74) is 2.52. The third-order valence-electron chi connectivity index (χ3n) is 5.65. The fourth-order valence-corrected chi connectivity index (χ4v) is 3.93. The molecule has 1 aromatic heterocycles. The number of benzene rings is 3. The highest BCUT2D eigenvalue weighted by molar-refractivity contribution is 5.93. The maximum atomic E-state index is 13.7. The normalized spacial score (nSPS) is 11.2. The fraction of sp³-hybridized carbons (Fsp3) is 0.148. The van der Waals surface area contributed by atoms with Crippen LogP contribution in [0.4, 0.5) is 23.7 Å². The second kappa shape index (κ2) is 10.6. The third-order valence-corrected chi connectivity index (χ3v) is 5.65. The summed E-state index contributed by atoms with van der Waals surface area (Å²) in [6, 6.07) is 16.4. The van der Waals surface area contributed by atoms with Crippen molar-refractivity contribution in [2.75, 3.05) is 5.32 Å². The first-order valence-electron chi connectivity index (χ1n) is 11.2. The molecule has 0 aliphatic rings. The van der Waals surface area contributed by atoms with E-state index >= 15 is 0 Å². The highest BCUT2D eigenvalue weighted by atomic mass is 19.4. The monoisotopic (exact) mass is 508 g/mol. The molecule has 3 N–H and O–H groups in total. The zero-order valence-corrected chi connectivity index (χ0v) is 19.7. The summed E-state index contributed by atoms with van der Waals surface area (Å²) in [6.45, 7) is 0.200. The topological polar surface area (TPSA) is 96.2 Å². The van der Waals surface area contributed by atoms with E-state index in [1.165, 1.54) is 12.1 Å². The van der Waals surface area contributed by atoms with Crippen molar-refractivity contribution in [2.24, 2.45) is 7.05 Å². The number of carbonyl (C=O) groups is 2. The minimum Gasteiger partial charge on any atom is -0.481 e. The lowest BCUT2D eigenvalue weighted by molar-refractivity contribution is -0.137. The van der Waals surface area contributed by atoms with Gasteiger partial charge in [-0.3, -0.25) is 9.48 Å². The molecule has 190 valence electrons. The summed E-state index contributed by atoms with van der Waals surface area (Å²) in [4.78, 5) is 23.3. The number of anilines is 1. The van der Waals surface area contributed by atoms with E-state index in [2.05, 4.69) is 15.7 Å². The van der Waals surface area contributed by atoms with Gasteiger partial charge in [-0.05, 0) is 46.0 Å². The molecule has 1 heterocycles. The van der Waals surface area contributed by atoms with Crippen LogP contribution >= 0.6 is 0 Å². The molecule has 10 heteroatoms. The molecule has 7 nitrogen and oxygen atoms in total. The number of carboxylic acid groups (broad SMARTS) is 1. The van der Waals surface area contributed by atoms with Crippen LogP contribution in [0.15, 0.2) is 79.1 Å². The van der Waals surface area contributed by atoms with Gasteiger partial charge in [0.15, 0.2) is 0 Å². The van der Waals surface area contributed by atoms with Crippen LogP contribution in [-0.4, -0.2) is 26.9 Å². The van der Waals surface area contributed by atoms with Crippen molar-refractivity contribution in [1.82, 2.24) is 15.1 Å². The van der Waals surface area contributed by atoms with Gasteiger partial charge in [0.25, 0.3) is 0 Å². The van der Waals surface area contributed by atoms with Crippen molar-refractivity contribution in [2.45, 2.75) is 19.1 Å². The Morgan fingerprint density at radius 2 is 1.65 bits per heavy atom. The minimum atomic E-state index is -4.54. The first kappa shape index (κ1) is 25.5. The highest BCUT2D eigenvalue weighted by Crippen LogP contribution is 2.41. The van der Waals surface area contributed by atoms with E-state index < -0.39 is 23.7 Å². The fourth-order valence-electron chi connectivity index (χ4n) is 3.93. The quantitative estimate of drug-likeness (QED) is 0.297. The number of nitrogens with one attached hydrogen (secondary N) is 2. The molecule has 3 aromatic carbocycles. The van der Waals surface area contributed by atoms with Crippen molar-refractivity contribution in [1.29, 1.82) is 0 Å². The highest BCUT2D eigenvalue weighted by Gasteiger charge is 2.34. The Morgan fingerprint density at radius 3 is 2.30 bits per heavy atom. The smallest absolute Gasteiger partial charge is 0.417 e. The van der Waals surface area contributed by atoms with Gasteiger partial charge < -0.3 is 15.7 Å². The number of hydrogen-bond donors (Lipinski definition) is 3. The zero-order valence-electron chi connectivity index (χ0n) is 19.7. The number of aryl methyl sites for hydroxylation is 1. The van der Waals surface area contributed by atoms with Gasteiger partial charge in [-0.15, -0.1) is 0 Å². The molecule has 2 amide bonds. The van der Waals surface area contributed by atoms with Crippen molar-refractivity contribution in [3.8, 4) is 22.3 Å². The van der Waals surface area contributed by atoms with Crippen LogP contribution in [0, 0.1) is 0 Å². The summed E-state index contributed by atoms with van der Waals surface area (Å²) in [5.74, 6) is -0.927. The Labute approximate surface area is 210 Å². The second-order valence-electron chi connectivity index (χ2n) is 8.40. The molecule has 0 unspecified atom stereocenters. The van der Waals surface area contributed by atoms with Gasteiger partial charge in [0.05, 0.1) is 18.2 Å². The van der Waals surface area contributed by atoms with E-state index in [0.717, 1.165) is 11.6 Å². The number of urea groups is 1. The lowest BCUT2D eigenvalue weighted by atomic mass is 9.92. The SMILES string of the molecule is Cn1cc(-c2cc(NC(=O)NCc3ccc(CC(=O)O)cc3)ccc2-c2ccccc2C(F)(F)F)cn1. The molecule has 0 bridgehead atoms. The van der Waals surface area contributed by atoms with E-state index in [1.807, 2.05) is 0 Å². The van der Waals surface area contributed by atoms with E-state index in [9.17, 15) is 22.8 Å². The first-order chi connectivity index (χ1) is 17.6. The molecule has 4 rings (SSSR count). The Kier molecular flexibility index (Phi) is 7.28. The summed E-state index contributed by atoms with van der Waals surface area (Å²) in [6.07, 6.45) is -1.39. The van der Waals surface area contributed by atoms with Crippen LogP contribution in [0.5, 0.6) is 0 Å². The van der Waals surface area contributed by atoms with Crippen LogP contribution in [0.3, 0.4) is 0 Å². The largest absolute Gasteiger partial charge is 0.481 e. The van der Waals surface area contributed by atoms with Gasteiger partial charge in [-0.1, -0.05) is 48.5 Å². The standard InChI is InChI=1S/C27H23F3N4O3/c1-34-16-19(15-32-34)23-13-20(10-11-21(23)22-4-2-3-5-24(22)27(28,29)30)33-26(37)31-14-18-8-6-17(7-9-18)12-25(35)36/h2-11,13,15-16H,12,14H2,1H3,(H,35,36)(H2,31,33,37). The van der Waals surface area contributed by atoms with E-state index in [-0.39, 0.29) is 18.5 Å². The number of carbonyl (C=O) groups excluding carboxylic acids is 1. The minimum absolute atomic E-state index is 0.0243. The number of halogens is 3. The molecular formula is C27H23F3N4O3. The number of aliphatic carboxylic acids is 1. The maximum absolute atomic E-state index is 13.7. The Morgan fingerprint density at radius 1 is 0.946 bits per heavy atom. The predicted octanol–water partition coefficient (Wildman–Crippen LogP) is 5.72. The number of aromatic nitrogens is 2. The first-order valence-corrected chi connectivity index (χ1v) is 11.2. The van der Waals surface area contributed by atoms with Crippen molar-refractivity contribution >= 4 is 17.7 Å². The molecule has 0 aliphatic heterocycles. The molecule has 0 aliphatic carbocycles. The lowest BCUT2D eigenvalue weighted by Crippen LogP contribution is -2.28. The van der Waals surface area contributed by atoms with Crippen LogP contribution in [0.25, 0.3) is 22.3 Å². The Balaban J connectivity index is 1.56. The molecular weight excluding hydrogens is 485 g/mol. The molecule has 37 heavy (non-hydrogen) atoms. The number of rotatable bonds is 7. The summed E-state index contributed by atoms with van der Waals surface area (Å²) in [7, 11) is 1.70. The van der Waals surface area contributed by atoms with Gasteiger partial charge in [0.2, 0.25) is 0 Å². The summed E-state index contributed by atoms with van der Waals surface area (Å²) >= 11 is 0. The zero-order chi connectivity index (χ0) is 26.6. The Hall–Kier alpha value is -4.60. The molecule has 0 radical (unpaired) electrons. The van der Waals surface area contributed by atoms with Gasteiger partial charge in [0, 0.05) is 31.0 Å². The van der Waals surface area contributed by atoms with Gasteiger partial charge >= 0.3 is 18.2 Å². The number of nitrogens with zero attached hydrogens (tertiary/aromatic N) is 2. The van der Waals surface area contributed by atoms with E-state index in [1.54, 1.807) is 72.7 Å². The number of alkyl halides is 3. The average molecular weight is 509 g/mol. The molecule has 0 spiro atoms. The molecule has 0 saturated heterocycles. The van der Waals surface area contributed by atoms with Gasteiger partial charge in [-0.2, -0.15) is 18.3 Å². The lowest BCUT2D eigenvalue weighted by Gasteiger charge is -2.17. The average Bonchev–Trinajstić information content (AvgIpc) is 3.29. The van der Waals surface area contributed by atoms with Gasteiger partial charge in [0.1, 0.15) is 0 Å². The third kappa shape index (κ3) is 6.35. The molecule has 0 atom stereocenters. The number of hydrogen-bond acceptors (Lipinski definition) is 3. The van der Waals surface area contributed by atoms with Crippen LogP contribution < -0.4 is 10.6 Å². The van der Waals surface area contributed by atoms with Crippen LogP contribution in [0.2, 0.25) is 0 Å². The molecule has 0 fully saturated rings.